The Balaban J connectivity index is 0.000000215. The molecule has 2 atom stereocenters. The van der Waals surface area contributed by atoms with Crippen LogP contribution in [0.25, 0.3) is 0 Å². The quantitative estimate of drug-likeness (QED) is 0.0331. The molecule has 0 bridgehead atoms. The zero-order valence-corrected chi connectivity index (χ0v) is 83.6. The minimum absolute atomic E-state index is 0. The number of allylic oxidation sites excluding steroid dienone is 14. The van der Waals surface area contributed by atoms with Crippen LogP contribution in [-0.2, 0) is 109 Å². The van der Waals surface area contributed by atoms with E-state index in [1.807, 2.05) is 103 Å². The molecule has 35 heteroatoms. The molecule has 0 amide bonds. The Hall–Kier alpha value is -11.3. The Morgan fingerprint density at radius 1 is 0.252 bits per heavy atom. The van der Waals surface area contributed by atoms with Crippen molar-refractivity contribution < 1.29 is 92.5 Å². The lowest BCUT2D eigenvalue weighted by Crippen LogP contribution is -2.32. The molecule has 728 valence electrons. The number of ketones is 7. The number of aryl methyl sites for hydroxylation is 6. The first kappa shape index (κ1) is 111. The fourth-order valence-corrected chi connectivity index (χ4v) is 22.9. The van der Waals surface area contributed by atoms with Crippen LogP contribution in [0, 0.1) is 69.6 Å². The first-order valence-corrected chi connectivity index (χ1v) is 54.1. The van der Waals surface area contributed by atoms with Crippen LogP contribution in [0.4, 0.5) is 0 Å². The number of benzene rings is 7. The van der Waals surface area contributed by atoms with Gasteiger partial charge in [-0.1, -0.05) is 199 Å². The number of nitrogens with one attached hydrogen (secondary N) is 7. The van der Waals surface area contributed by atoms with Gasteiger partial charge in [-0.05, 0) is 206 Å². The third-order valence-corrected chi connectivity index (χ3v) is 31.2. The molecule has 0 aromatic heterocycles. The van der Waals surface area contributed by atoms with Crippen LogP contribution in [0.15, 0.2) is 288 Å². The van der Waals surface area contributed by atoms with Crippen LogP contribution in [0.3, 0.4) is 0 Å². The lowest BCUT2D eigenvalue weighted by molar-refractivity contribution is -0.117. The van der Waals surface area contributed by atoms with E-state index in [-0.39, 0.29) is 111 Å². The Morgan fingerprint density at radius 3 is 0.696 bits per heavy atom. The molecule has 0 saturated heterocycles. The van der Waals surface area contributed by atoms with Crippen LogP contribution in [0.5, 0.6) is 0 Å². The van der Waals surface area contributed by atoms with Crippen molar-refractivity contribution >= 4 is 111 Å². The smallest absolute Gasteiger partial charge is 0.261 e. The predicted octanol–water partition coefficient (Wildman–Crippen LogP) is 16.2. The first-order chi connectivity index (χ1) is 62.3. The minimum atomic E-state index is -3.62. The maximum atomic E-state index is 12.3. The summed E-state index contributed by atoms with van der Waals surface area (Å²) in [4.78, 5) is 81.5. The Morgan fingerprint density at radius 2 is 0.467 bits per heavy atom. The van der Waals surface area contributed by atoms with E-state index in [0.29, 0.717) is 143 Å². The topological polar surface area (TPSA) is 443 Å². The summed E-state index contributed by atoms with van der Waals surface area (Å²) in [6.07, 6.45) is 18.5. The van der Waals surface area contributed by atoms with Crippen molar-refractivity contribution in [2.24, 2.45) is 28.1 Å². The van der Waals surface area contributed by atoms with Gasteiger partial charge in [0.05, 0.1) is 35.1 Å². The van der Waals surface area contributed by atoms with Gasteiger partial charge in [-0.2, -0.15) is 0 Å². The van der Waals surface area contributed by atoms with Gasteiger partial charge < -0.3 is 0 Å². The van der Waals surface area contributed by atoms with Gasteiger partial charge in [-0.15, -0.1) is 0 Å². The van der Waals surface area contributed by atoms with Gasteiger partial charge in [-0.3, -0.25) is 66.6 Å². The molecule has 28 nitrogen and oxygen atoms in total. The lowest BCUT2D eigenvalue weighted by Gasteiger charge is -2.29. The number of hydrogen-bond donors (Lipinski definition) is 7. The van der Waals surface area contributed by atoms with E-state index in [1.165, 1.54) is 42.5 Å². The Bertz CT molecular complexity index is 6240. The highest BCUT2D eigenvalue weighted by Crippen LogP contribution is 2.37. The van der Waals surface area contributed by atoms with Crippen LogP contribution < -0.4 is 33.1 Å². The van der Waals surface area contributed by atoms with E-state index < -0.39 is 70.2 Å². The first-order valence-electron chi connectivity index (χ1n) is 43.5. The van der Waals surface area contributed by atoms with Crippen LogP contribution in [0.2, 0.25) is 0 Å². The fraction of sp³-hybridized carbons (Fsp3) is 0.370. The van der Waals surface area contributed by atoms with E-state index in [4.69, 9.17) is 0 Å². The van der Waals surface area contributed by atoms with E-state index in [0.717, 1.165) is 38.9 Å². The fourth-order valence-electron chi connectivity index (χ4n) is 15.1. The molecule has 2 unspecified atom stereocenters. The van der Waals surface area contributed by atoms with Crippen LogP contribution in [0.1, 0.15) is 204 Å². The van der Waals surface area contributed by atoms with Gasteiger partial charge in [0.1, 0.15) is 0 Å². The maximum absolute atomic E-state index is 12.3. The molecule has 14 rings (SSSR count). The van der Waals surface area contributed by atoms with Crippen LogP contribution >= 0.6 is 0 Å². The van der Waals surface area contributed by atoms with Gasteiger partial charge in [0, 0.05) is 127 Å². The summed E-state index contributed by atoms with van der Waals surface area (Å²) in [5.41, 5.74) is 9.43. The number of sulfonamides is 7. The summed E-state index contributed by atoms with van der Waals surface area (Å²) in [7, 11) is -25.0. The SMILES string of the molecule is C.CC1(C)CC(=O)C=C(NS(=O)(=O)Cc2ccccc2)C1.Cc1ccc(S(=O)(=O)NC2=CC(=O)CC(C)(C)C2)cc1.Cc1ccc(S(=O)(=O)NC2=CC(=O)CC(C)(C)C2)cc1.Cc1ccc(S(=O)(=O)NC2=CC(=O)CC(C)C2)cc1.Cc1ccc(S(=O)(=O)NC2=CC(=O)CC(C)C2)cc1.Cc1ccc(S(=O)(=O)NC2=CC(=O)CCC2)cc1.Cc1ccc(S(=O)(=O)NC2=CC(=O)CCC2)cc1. The zero-order chi connectivity index (χ0) is 99.2. The molecule has 0 fully saturated rings. The van der Waals surface area contributed by atoms with Crippen molar-refractivity contribution in [2.45, 2.75) is 242 Å². The number of hydrogen-bond acceptors (Lipinski definition) is 21. The van der Waals surface area contributed by atoms with Crippen LogP contribution in [-0.4, -0.2) is 99.4 Å². The van der Waals surface area contributed by atoms with Crippen molar-refractivity contribution in [1.82, 2.24) is 33.1 Å². The molecule has 7 aromatic carbocycles. The average Bonchev–Trinajstić information content (AvgIpc) is 0.850. The zero-order valence-electron chi connectivity index (χ0n) is 77.9. The normalized spacial score (nSPS) is 18.2. The Kier molecular flexibility index (Phi) is 38.9. The highest BCUT2D eigenvalue weighted by Gasteiger charge is 2.34. The number of carbonyl (C=O) groups excluding carboxylic acids is 7. The molecule has 0 radical (unpaired) electrons. The highest BCUT2D eigenvalue weighted by atomic mass is 32.2. The summed E-state index contributed by atoms with van der Waals surface area (Å²) >= 11 is 0. The molecular weight excluding hydrogens is 1860 g/mol. The predicted molar refractivity (Wildman–Crippen MR) is 523 cm³/mol. The molecule has 7 N–H and O–H groups in total. The van der Waals surface area contributed by atoms with Gasteiger partial charge in [-0.25, -0.2) is 58.9 Å². The van der Waals surface area contributed by atoms with Gasteiger partial charge >= 0.3 is 0 Å². The standard InChI is InChI=1S/3C15H19NO3S.2C14H17NO3S.2C13H15NO3S.CH4/c2*1-11-4-6-14(7-5-11)20(18,19)16-12-8-13(17)10-15(2,3)9-12;1-15(2)9-13(8-14(17)10-15)16-20(18,19)11-12-6-4-3-5-7-12;2*1-10-3-5-14(6-4-10)19(17,18)15-12-7-11(2)8-13(16)9-12;2*1-10-5-7-13(8-6-10)18(16,17)14-11-3-2-4-12(15)9-11;/h2*4-8,16H,9-10H2,1-3H3;3-8,16H,9-11H2,1-2H3;2*3-6,9,11,15H,7-8H2,1-2H3;2*5-9,14H,2-4H2,1H3;1H4. The summed E-state index contributed by atoms with van der Waals surface area (Å²) in [5, 5.41) is 0. The highest BCUT2D eigenvalue weighted by molar-refractivity contribution is 7.91. The second-order valence-electron chi connectivity index (χ2n) is 37.1. The second kappa shape index (κ2) is 47.4. The van der Waals surface area contributed by atoms with Crippen molar-refractivity contribution in [1.29, 1.82) is 0 Å². The second-order valence-corrected chi connectivity index (χ2v) is 48.9. The third-order valence-electron chi connectivity index (χ3n) is 21.4. The number of rotatable bonds is 22. The van der Waals surface area contributed by atoms with E-state index in [1.54, 1.807) is 170 Å². The van der Waals surface area contributed by atoms with Crippen molar-refractivity contribution in [2.75, 3.05) is 0 Å². The molecule has 7 aliphatic carbocycles. The largest absolute Gasteiger partial charge is 0.295 e. The monoisotopic (exact) mass is 1980 g/mol. The van der Waals surface area contributed by atoms with Crippen molar-refractivity contribution in [3.63, 3.8) is 0 Å². The van der Waals surface area contributed by atoms with Gasteiger partial charge in [0.25, 0.3) is 60.1 Å². The molecule has 7 aromatic rings. The summed E-state index contributed by atoms with van der Waals surface area (Å²) in [6.45, 7) is 27.0. The summed E-state index contributed by atoms with van der Waals surface area (Å²) < 4.78 is 188. The lowest BCUT2D eigenvalue weighted by atomic mass is 9.79. The Labute approximate surface area is 797 Å². The van der Waals surface area contributed by atoms with Crippen molar-refractivity contribution in [3.8, 4) is 0 Å². The molecule has 0 spiro atoms. The molecule has 7 aliphatic rings. The molecular formula is C100H125N7O21S7. The molecule has 0 saturated carbocycles. The summed E-state index contributed by atoms with van der Waals surface area (Å²) in [6, 6.07) is 48.7. The molecule has 135 heavy (non-hydrogen) atoms. The maximum Gasteiger partial charge on any atom is 0.261 e. The number of carbonyl (C=O) groups is 7. The molecule has 0 aliphatic heterocycles. The minimum Gasteiger partial charge on any atom is -0.295 e. The van der Waals surface area contributed by atoms with E-state index in [2.05, 4.69) is 33.1 Å². The third kappa shape index (κ3) is 37.4. The van der Waals surface area contributed by atoms with Gasteiger partial charge in [0.15, 0.2) is 40.5 Å². The van der Waals surface area contributed by atoms with E-state index >= 15 is 0 Å². The van der Waals surface area contributed by atoms with Crippen molar-refractivity contribution in [3.05, 3.63) is 297 Å². The van der Waals surface area contributed by atoms with E-state index in [9.17, 15) is 92.5 Å². The van der Waals surface area contributed by atoms with Gasteiger partial charge in [0.2, 0.25) is 10.0 Å². The molecule has 0 heterocycles. The summed E-state index contributed by atoms with van der Waals surface area (Å²) in [5.74, 6) is 0.0528. The average molecular weight is 1990 g/mol.